The van der Waals surface area contributed by atoms with E-state index >= 15 is 0 Å². The summed E-state index contributed by atoms with van der Waals surface area (Å²) in [6.45, 7) is 2.12. The van der Waals surface area contributed by atoms with Crippen LogP contribution in [0.5, 0.6) is 0 Å². The van der Waals surface area contributed by atoms with Crippen LogP contribution in [0.25, 0.3) is 10.7 Å². The second-order valence-electron chi connectivity index (χ2n) is 6.81. The molecule has 0 radical (unpaired) electrons. The van der Waals surface area contributed by atoms with E-state index in [1.165, 1.54) is 18.9 Å². The van der Waals surface area contributed by atoms with Gasteiger partial charge in [-0.2, -0.15) is 0 Å². The van der Waals surface area contributed by atoms with Crippen LogP contribution >= 0.6 is 23.1 Å². The molecule has 9 nitrogen and oxygen atoms in total. The molecular weight excluding hydrogens is 464 g/mol. The van der Waals surface area contributed by atoms with Crippen molar-refractivity contribution >= 4 is 40.9 Å². The van der Waals surface area contributed by atoms with Gasteiger partial charge in [0.15, 0.2) is 17.6 Å². The first-order valence-corrected chi connectivity index (χ1v) is 12.0. The average Bonchev–Trinajstić information content (AvgIpc) is 3.50. The molecule has 2 heterocycles. The molecule has 174 valence electrons. The Bertz CT molecular complexity index is 1070. The van der Waals surface area contributed by atoms with E-state index in [4.69, 9.17) is 9.47 Å². The van der Waals surface area contributed by atoms with Crippen LogP contribution in [0, 0.1) is 0 Å². The van der Waals surface area contributed by atoms with Crippen molar-refractivity contribution in [2.45, 2.75) is 31.1 Å². The quantitative estimate of drug-likeness (QED) is 0.324. The standard InChI is InChI=1S/C22H24N4O5S2/c1-3-26-20(17-10-7-11-32-17)24-25-22(26)33-14-19(28)31-13-18(27)23-16(21(29)30-2)12-15-8-5-4-6-9-15/h4-11,16H,3,12-14H2,1-2H3,(H,23,27). The molecule has 0 aliphatic rings. The van der Waals surface area contributed by atoms with Gasteiger partial charge in [-0.25, -0.2) is 4.79 Å². The van der Waals surface area contributed by atoms with Gasteiger partial charge in [-0.15, -0.1) is 21.5 Å². The number of ether oxygens (including phenoxy) is 2. The van der Waals surface area contributed by atoms with E-state index in [9.17, 15) is 14.4 Å². The highest BCUT2D eigenvalue weighted by molar-refractivity contribution is 7.99. The summed E-state index contributed by atoms with van der Waals surface area (Å²) in [6, 6.07) is 12.3. The fraction of sp³-hybridized carbons (Fsp3) is 0.318. The number of methoxy groups -OCH3 is 1. The first-order chi connectivity index (χ1) is 16.0. The number of carbonyl (C=O) groups excluding carboxylic acids is 3. The Kier molecular flexibility index (Phi) is 9.02. The summed E-state index contributed by atoms with van der Waals surface area (Å²) in [5, 5.41) is 13.5. The molecule has 0 aliphatic heterocycles. The van der Waals surface area contributed by atoms with E-state index in [2.05, 4.69) is 15.5 Å². The second kappa shape index (κ2) is 12.2. The lowest BCUT2D eigenvalue weighted by molar-refractivity contribution is -0.148. The van der Waals surface area contributed by atoms with Gasteiger partial charge in [-0.1, -0.05) is 48.2 Å². The van der Waals surface area contributed by atoms with Crippen LogP contribution in [0.4, 0.5) is 0 Å². The molecule has 0 bridgehead atoms. The summed E-state index contributed by atoms with van der Waals surface area (Å²) in [7, 11) is 1.25. The predicted molar refractivity (Wildman–Crippen MR) is 125 cm³/mol. The normalized spacial score (nSPS) is 11.6. The zero-order valence-electron chi connectivity index (χ0n) is 18.2. The van der Waals surface area contributed by atoms with Crippen LogP contribution < -0.4 is 5.32 Å². The zero-order chi connectivity index (χ0) is 23.6. The maximum atomic E-state index is 12.2. The maximum absolute atomic E-state index is 12.2. The summed E-state index contributed by atoms with van der Waals surface area (Å²) in [5.74, 6) is -1.02. The monoisotopic (exact) mass is 488 g/mol. The Morgan fingerprint density at radius 1 is 1.15 bits per heavy atom. The van der Waals surface area contributed by atoms with E-state index < -0.39 is 30.5 Å². The van der Waals surface area contributed by atoms with E-state index in [-0.39, 0.29) is 12.2 Å². The molecule has 1 N–H and O–H groups in total. The fourth-order valence-corrected chi connectivity index (χ4v) is 4.52. The predicted octanol–water partition coefficient (Wildman–Crippen LogP) is 2.56. The SMILES string of the molecule is CCn1c(SCC(=O)OCC(=O)NC(Cc2ccccc2)C(=O)OC)nnc1-c1cccs1. The van der Waals surface area contributed by atoms with Gasteiger partial charge in [0, 0.05) is 13.0 Å². The molecule has 0 fully saturated rings. The topological polar surface area (TPSA) is 112 Å². The third-order valence-corrected chi connectivity index (χ3v) is 6.37. The van der Waals surface area contributed by atoms with Crippen molar-refractivity contribution in [3.05, 3.63) is 53.4 Å². The van der Waals surface area contributed by atoms with E-state index in [1.54, 1.807) is 11.3 Å². The van der Waals surface area contributed by atoms with Crippen molar-refractivity contribution in [2.75, 3.05) is 19.5 Å². The summed E-state index contributed by atoms with van der Waals surface area (Å²) in [5.41, 5.74) is 0.864. The summed E-state index contributed by atoms with van der Waals surface area (Å²) in [4.78, 5) is 37.4. The minimum absolute atomic E-state index is 0.0275. The van der Waals surface area contributed by atoms with Gasteiger partial charge in [-0.05, 0) is 23.9 Å². The molecule has 3 aromatic rings. The molecule has 1 atom stereocenters. The zero-order valence-corrected chi connectivity index (χ0v) is 19.9. The van der Waals surface area contributed by atoms with Gasteiger partial charge < -0.3 is 19.4 Å². The molecular formula is C22H24N4O5S2. The third-order valence-electron chi connectivity index (χ3n) is 4.56. The number of thiophene rings is 1. The van der Waals surface area contributed by atoms with E-state index in [1.807, 2.05) is 59.3 Å². The van der Waals surface area contributed by atoms with Crippen molar-refractivity contribution in [3.63, 3.8) is 0 Å². The summed E-state index contributed by atoms with van der Waals surface area (Å²) >= 11 is 2.75. The van der Waals surface area contributed by atoms with Gasteiger partial charge in [-0.3, -0.25) is 9.59 Å². The maximum Gasteiger partial charge on any atom is 0.328 e. The molecule has 0 spiro atoms. The molecule has 1 amide bonds. The highest BCUT2D eigenvalue weighted by atomic mass is 32.2. The van der Waals surface area contributed by atoms with Crippen molar-refractivity contribution in [3.8, 4) is 10.7 Å². The van der Waals surface area contributed by atoms with Crippen LogP contribution in [-0.4, -0.2) is 58.1 Å². The lowest BCUT2D eigenvalue weighted by Gasteiger charge is -2.16. The Hall–Kier alpha value is -3.18. The first kappa shape index (κ1) is 24.5. The molecule has 3 rings (SSSR count). The number of aromatic nitrogens is 3. The van der Waals surface area contributed by atoms with E-state index in [0.29, 0.717) is 11.7 Å². The largest absolute Gasteiger partial charge is 0.467 e. The van der Waals surface area contributed by atoms with Gasteiger partial charge in [0.2, 0.25) is 0 Å². The van der Waals surface area contributed by atoms with Crippen molar-refractivity contribution < 1.29 is 23.9 Å². The van der Waals surface area contributed by atoms with Crippen LogP contribution in [0.1, 0.15) is 12.5 Å². The first-order valence-electron chi connectivity index (χ1n) is 10.2. The van der Waals surface area contributed by atoms with Gasteiger partial charge in [0.05, 0.1) is 17.7 Å². The Morgan fingerprint density at radius 2 is 1.94 bits per heavy atom. The lowest BCUT2D eigenvalue weighted by atomic mass is 10.1. The Labute approximate surface area is 199 Å². The lowest BCUT2D eigenvalue weighted by Crippen LogP contribution is -2.44. The molecule has 11 heteroatoms. The summed E-state index contributed by atoms with van der Waals surface area (Å²) in [6.07, 6.45) is 0.266. The Balaban J connectivity index is 1.49. The fourth-order valence-electron chi connectivity index (χ4n) is 3.00. The smallest absolute Gasteiger partial charge is 0.328 e. The number of nitrogens with zero attached hydrogens (tertiary/aromatic N) is 3. The highest BCUT2D eigenvalue weighted by Gasteiger charge is 2.23. The highest BCUT2D eigenvalue weighted by Crippen LogP contribution is 2.27. The average molecular weight is 489 g/mol. The Morgan fingerprint density at radius 3 is 2.61 bits per heavy atom. The number of esters is 2. The molecule has 0 saturated carbocycles. The third kappa shape index (κ3) is 6.90. The van der Waals surface area contributed by atoms with Crippen molar-refractivity contribution in [2.24, 2.45) is 0 Å². The molecule has 0 saturated heterocycles. The van der Waals surface area contributed by atoms with Gasteiger partial charge in [0.1, 0.15) is 6.04 Å². The number of rotatable bonds is 11. The van der Waals surface area contributed by atoms with Crippen LogP contribution in [0.2, 0.25) is 0 Å². The van der Waals surface area contributed by atoms with Crippen LogP contribution in [0.15, 0.2) is 53.0 Å². The number of amides is 1. The number of hydrogen-bond acceptors (Lipinski definition) is 9. The second-order valence-corrected chi connectivity index (χ2v) is 8.70. The van der Waals surface area contributed by atoms with Gasteiger partial charge >= 0.3 is 11.9 Å². The number of carbonyl (C=O) groups is 3. The minimum Gasteiger partial charge on any atom is -0.467 e. The summed E-state index contributed by atoms with van der Waals surface area (Å²) < 4.78 is 11.8. The van der Waals surface area contributed by atoms with Crippen LogP contribution in [-0.2, 0) is 36.8 Å². The van der Waals surface area contributed by atoms with E-state index in [0.717, 1.165) is 16.3 Å². The number of nitrogens with one attached hydrogen (secondary N) is 1. The molecule has 1 aromatic carbocycles. The minimum atomic E-state index is -0.878. The molecule has 2 aromatic heterocycles. The number of hydrogen-bond donors (Lipinski definition) is 1. The van der Waals surface area contributed by atoms with Gasteiger partial charge in [0.25, 0.3) is 5.91 Å². The van der Waals surface area contributed by atoms with Crippen LogP contribution in [0.3, 0.4) is 0 Å². The molecule has 1 unspecified atom stereocenters. The number of benzene rings is 1. The molecule has 33 heavy (non-hydrogen) atoms. The molecule has 0 aliphatic carbocycles. The number of thioether (sulfide) groups is 1. The van der Waals surface area contributed by atoms with Crippen molar-refractivity contribution in [1.29, 1.82) is 0 Å². The van der Waals surface area contributed by atoms with Crippen molar-refractivity contribution in [1.82, 2.24) is 20.1 Å².